The van der Waals surface area contributed by atoms with Gasteiger partial charge in [0, 0.05) is 6.07 Å². The van der Waals surface area contributed by atoms with Crippen LogP contribution in [0.4, 0.5) is 5.13 Å². The van der Waals surface area contributed by atoms with Gasteiger partial charge in [-0.25, -0.2) is 10.2 Å². The number of H-pyrrole nitrogens is 2. The fraction of sp³-hybridized carbons (Fsp3) is 0.0625. The zero-order valence-corrected chi connectivity index (χ0v) is 15.7. The zero-order chi connectivity index (χ0) is 21.7. The topological polar surface area (TPSA) is 203 Å². The van der Waals surface area contributed by atoms with Crippen molar-refractivity contribution in [1.29, 1.82) is 0 Å². The number of hydrogen-bond donors (Lipinski definition) is 6. The summed E-state index contributed by atoms with van der Waals surface area (Å²) in [5, 5.41) is 32.5. The molecule has 6 N–H and O–H groups in total. The Morgan fingerprint density at radius 3 is 2.67 bits per heavy atom. The van der Waals surface area contributed by atoms with Gasteiger partial charge >= 0.3 is 5.69 Å². The molecule has 0 aliphatic heterocycles. The second-order valence-corrected chi connectivity index (χ2v) is 6.74. The Balaban J connectivity index is 1.55. The summed E-state index contributed by atoms with van der Waals surface area (Å²) in [5.41, 5.74) is 0.891. The van der Waals surface area contributed by atoms with E-state index in [-0.39, 0.29) is 33.8 Å². The van der Waals surface area contributed by atoms with Gasteiger partial charge in [0.2, 0.25) is 11.0 Å². The van der Waals surface area contributed by atoms with Crippen LogP contribution in [-0.2, 0) is 11.2 Å². The first-order chi connectivity index (χ1) is 14.3. The smallest absolute Gasteiger partial charge is 0.326 e. The van der Waals surface area contributed by atoms with E-state index in [1.807, 2.05) is 4.98 Å². The second kappa shape index (κ2) is 8.78. The molecular weight excluding hydrogens is 418 g/mol. The molecule has 14 heteroatoms. The highest BCUT2D eigenvalue weighted by molar-refractivity contribution is 7.15. The number of rotatable bonds is 6. The Kier molecular flexibility index (Phi) is 5.97. The summed E-state index contributed by atoms with van der Waals surface area (Å²) in [6.07, 6.45) is 1.10. The molecule has 1 aromatic carbocycles. The van der Waals surface area contributed by atoms with E-state index in [4.69, 9.17) is 0 Å². The minimum Gasteiger partial charge on any atom is -0.504 e. The average molecular weight is 431 g/mol. The lowest BCUT2D eigenvalue weighted by Gasteiger charge is -1.99. The molecule has 3 aromatic rings. The molecule has 154 valence electrons. The molecule has 0 saturated heterocycles. The van der Waals surface area contributed by atoms with Gasteiger partial charge in [-0.05, 0) is 23.8 Å². The number of hydrazone groups is 1. The number of carbonyl (C=O) groups is 2. The van der Waals surface area contributed by atoms with Crippen LogP contribution in [0.2, 0.25) is 0 Å². The number of aromatic amines is 2. The third-order valence-electron chi connectivity index (χ3n) is 3.41. The molecule has 0 fully saturated rings. The number of aromatic hydroxyl groups is 2. The molecular formula is C16H13N7O6S. The predicted octanol–water partition coefficient (Wildman–Crippen LogP) is -0.729. The Morgan fingerprint density at radius 1 is 1.13 bits per heavy atom. The quantitative estimate of drug-likeness (QED) is 0.166. The number of amides is 2. The number of phenols is 2. The van der Waals surface area contributed by atoms with Crippen molar-refractivity contribution in [3.8, 4) is 11.5 Å². The normalized spacial score (nSPS) is 10.8. The molecule has 0 spiro atoms. The molecule has 0 unspecified atom stereocenters. The van der Waals surface area contributed by atoms with Crippen LogP contribution < -0.4 is 22.0 Å². The number of anilines is 1. The maximum Gasteiger partial charge on any atom is 0.326 e. The molecule has 3 rings (SSSR count). The Labute approximate surface area is 170 Å². The third-order valence-corrected chi connectivity index (χ3v) is 4.25. The van der Waals surface area contributed by atoms with Crippen LogP contribution in [0.15, 0.2) is 39.0 Å². The lowest BCUT2D eigenvalue weighted by atomic mass is 10.2. The lowest BCUT2D eigenvalue weighted by molar-refractivity contribution is -0.120. The Morgan fingerprint density at radius 2 is 1.93 bits per heavy atom. The van der Waals surface area contributed by atoms with E-state index in [0.29, 0.717) is 5.56 Å². The summed E-state index contributed by atoms with van der Waals surface area (Å²) in [6, 6.07) is 4.94. The van der Waals surface area contributed by atoms with Crippen LogP contribution in [0.1, 0.15) is 21.1 Å². The Bertz CT molecular complexity index is 1220. The monoisotopic (exact) mass is 431 g/mol. The summed E-state index contributed by atoms with van der Waals surface area (Å²) in [4.78, 5) is 50.5. The number of aromatic nitrogens is 4. The number of hydrogen-bond acceptors (Lipinski definition) is 10. The van der Waals surface area contributed by atoms with E-state index < -0.39 is 23.1 Å². The molecule has 0 aliphatic rings. The number of nitrogens with one attached hydrogen (secondary N) is 4. The van der Waals surface area contributed by atoms with Gasteiger partial charge < -0.3 is 15.2 Å². The maximum absolute atomic E-state index is 12.0. The summed E-state index contributed by atoms with van der Waals surface area (Å²) in [7, 11) is 0. The van der Waals surface area contributed by atoms with Crippen molar-refractivity contribution in [2.24, 2.45) is 5.10 Å². The van der Waals surface area contributed by atoms with Crippen molar-refractivity contribution in [3.05, 3.63) is 61.4 Å². The molecule has 0 atom stereocenters. The number of benzene rings is 1. The van der Waals surface area contributed by atoms with Crippen LogP contribution >= 0.6 is 11.3 Å². The maximum atomic E-state index is 12.0. The van der Waals surface area contributed by atoms with E-state index in [1.54, 1.807) is 0 Å². The van der Waals surface area contributed by atoms with Gasteiger partial charge in [0.05, 0.1) is 12.6 Å². The molecule has 2 aromatic heterocycles. The molecule has 30 heavy (non-hydrogen) atoms. The van der Waals surface area contributed by atoms with Gasteiger partial charge in [-0.2, -0.15) is 5.10 Å². The van der Waals surface area contributed by atoms with Crippen LogP contribution in [0.25, 0.3) is 0 Å². The van der Waals surface area contributed by atoms with Crippen molar-refractivity contribution in [1.82, 2.24) is 25.6 Å². The molecule has 0 bridgehead atoms. The number of nitrogens with zero attached hydrogens (tertiary/aromatic N) is 3. The van der Waals surface area contributed by atoms with Crippen LogP contribution in [0.3, 0.4) is 0 Å². The van der Waals surface area contributed by atoms with E-state index in [2.05, 4.69) is 31.0 Å². The summed E-state index contributed by atoms with van der Waals surface area (Å²) in [5.74, 6) is -1.88. The average Bonchev–Trinajstić information content (AvgIpc) is 3.10. The standard InChI is InChI=1S/C16H13N7O6S/c24-9-2-1-7(3-10(9)25)6-17-21-12(27)5-13-22-23-16(30-13)20-14(28)8-4-11(26)19-15(29)18-8/h1-4,6,24-25H,5H2,(H,21,27)(H,20,23,28)(H2,18,19,26,29)/b17-6-. The molecule has 2 heterocycles. The fourth-order valence-corrected chi connectivity index (χ4v) is 2.84. The summed E-state index contributed by atoms with van der Waals surface area (Å²) in [6.45, 7) is 0. The van der Waals surface area contributed by atoms with Crippen LogP contribution in [0, 0.1) is 0 Å². The summed E-state index contributed by atoms with van der Waals surface area (Å²) >= 11 is 0.920. The van der Waals surface area contributed by atoms with Crippen molar-refractivity contribution >= 4 is 34.5 Å². The van der Waals surface area contributed by atoms with E-state index in [0.717, 1.165) is 17.4 Å². The highest BCUT2D eigenvalue weighted by Crippen LogP contribution is 2.24. The van der Waals surface area contributed by atoms with Crippen LogP contribution in [-0.4, -0.2) is 48.4 Å². The van der Waals surface area contributed by atoms with Gasteiger partial charge in [0.15, 0.2) is 11.5 Å². The first-order valence-electron chi connectivity index (χ1n) is 8.11. The van der Waals surface area contributed by atoms with Gasteiger partial charge in [-0.15, -0.1) is 10.2 Å². The highest BCUT2D eigenvalue weighted by atomic mass is 32.1. The molecule has 0 saturated carbocycles. The minimum absolute atomic E-state index is 0.0620. The first-order valence-corrected chi connectivity index (χ1v) is 8.93. The van der Waals surface area contributed by atoms with E-state index in [9.17, 15) is 29.4 Å². The van der Waals surface area contributed by atoms with Crippen molar-refractivity contribution in [2.75, 3.05) is 5.32 Å². The van der Waals surface area contributed by atoms with Gasteiger partial charge in [-0.3, -0.25) is 24.7 Å². The molecule has 13 nitrogen and oxygen atoms in total. The number of phenolic OH excluding ortho intramolecular Hbond substituents is 2. The van der Waals surface area contributed by atoms with Crippen LogP contribution in [0.5, 0.6) is 11.5 Å². The van der Waals surface area contributed by atoms with E-state index in [1.165, 1.54) is 24.4 Å². The van der Waals surface area contributed by atoms with Gasteiger partial charge in [-0.1, -0.05) is 11.3 Å². The molecule has 0 aliphatic carbocycles. The zero-order valence-electron chi connectivity index (χ0n) is 14.9. The minimum atomic E-state index is -0.828. The molecule has 0 radical (unpaired) electrons. The third kappa shape index (κ3) is 5.35. The van der Waals surface area contributed by atoms with Gasteiger partial charge in [0.25, 0.3) is 11.5 Å². The fourth-order valence-electron chi connectivity index (χ4n) is 2.11. The second-order valence-electron chi connectivity index (χ2n) is 5.67. The largest absolute Gasteiger partial charge is 0.504 e. The predicted molar refractivity (Wildman–Crippen MR) is 105 cm³/mol. The first kappa shape index (κ1) is 20.4. The lowest BCUT2D eigenvalue weighted by Crippen LogP contribution is -2.27. The van der Waals surface area contributed by atoms with Crippen molar-refractivity contribution in [3.63, 3.8) is 0 Å². The van der Waals surface area contributed by atoms with Crippen molar-refractivity contribution in [2.45, 2.75) is 6.42 Å². The summed E-state index contributed by atoms with van der Waals surface area (Å²) < 4.78 is 0. The SMILES string of the molecule is O=C(Cc1nnc(NC(=O)c2cc(=O)[nH]c(=O)[nH]2)s1)N/N=C\c1ccc(O)c(O)c1. The Hall–Kier alpha value is -4.33. The molecule has 2 amide bonds. The van der Waals surface area contributed by atoms with Crippen molar-refractivity contribution < 1.29 is 19.8 Å². The highest BCUT2D eigenvalue weighted by Gasteiger charge is 2.13. The number of carbonyl (C=O) groups excluding carboxylic acids is 2. The van der Waals surface area contributed by atoms with Gasteiger partial charge in [0.1, 0.15) is 10.7 Å². The van der Waals surface area contributed by atoms with E-state index >= 15 is 0 Å².